The van der Waals surface area contributed by atoms with E-state index in [-0.39, 0.29) is 12.3 Å². The molecule has 0 atom stereocenters. The zero-order valence-electron chi connectivity index (χ0n) is 14.3. The van der Waals surface area contributed by atoms with Crippen LogP contribution in [0.4, 0.5) is 5.69 Å². The first kappa shape index (κ1) is 16.8. The fourth-order valence-corrected chi connectivity index (χ4v) is 2.88. The number of carbonyl (C=O) groups is 2. The first-order valence-electron chi connectivity index (χ1n) is 8.18. The van der Waals surface area contributed by atoms with Gasteiger partial charge in [0.25, 0.3) is 0 Å². The third-order valence-electron chi connectivity index (χ3n) is 3.99. The lowest BCUT2D eigenvalue weighted by Crippen LogP contribution is -2.15. The summed E-state index contributed by atoms with van der Waals surface area (Å²) in [6.07, 6.45) is 2.24. The maximum atomic E-state index is 12.4. The molecule has 3 aromatic rings. The van der Waals surface area contributed by atoms with E-state index in [0.717, 1.165) is 16.5 Å². The van der Waals surface area contributed by atoms with Gasteiger partial charge in [0.15, 0.2) is 0 Å². The van der Waals surface area contributed by atoms with Crippen molar-refractivity contribution in [1.29, 1.82) is 0 Å². The second-order valence-electron chi connectivity index (χ2n) is 5.81. The average molecular weight is 336 g/mol. The highest BCUT2D eigenvalue weighted by molar-refractivity contribution is 5.97. The van der Waals surface area contributed by atoms with Crippen molar-refractivity contribution in [2.45, 2.75) is 13.3 Å². The number of ether oxygens (including phenoxy) is 1. The number of fused-ring (bicyclic) bond motifs is 1. The van der Waals surface area contributed by atoms with Gasteiger partial charge in [-0.15, -0.1) is 0 Å². The molecule has 0 spiro atoms. The smallest absolute Gasteiger partial charge is 0.338 e. The molecule has 0 saturated carbocycles. The van der Waals surface area contributed by atoms with Crippen LogP contribution in [0.25, 0.3) is 10.9 Å². The molecule has 0 aliphatic carbocycles. The van der Waals surface area contributed by atoms with Crippen LogP contribution in [-0.4, -0.2) is 23.1 Å². The Kier molecular flexibility index (Phi) is 4.84. The van der Waals surface area contributed by atoms with E-state index in [1.807, 2.05) is 42.1 Å². The largest absolute Gasteiger partial charge is 0.462 e. The van der Waals surface area contributed by atoms with Gasteiger partial charge in [0.1, 0.15) is 0 Å². The monoisotopic (exact) mass is 336 g/mol. The molecule has 0 aliphatic heterocycles. The van der Waals surface area contributed by atoms with Crippen LogP contribution in [0.5, 0.6) is 0 Å². The summed E-state index contributed by atoms with van der Waals surface area (Å²) >= 11 is 0. The third-order valence-corrected chi connectivity index (χ3v) is 3.99. The molecule has 2 aromatic carbocycles. The third kappa shape index (κ3) is 3.71. The second-order valence-corrected chi connectivity index (χ2v) is 5.81. The molecular formula is C20H20N2O3. The SMILES string of the molecule is CCOC(=O)c1cccc(NC(=O)Cc2cn(C)c3ccccc23)c1. The Morgan fingerprint density at radius 3 is 2.72 bits per heavy atom. The van der Waals surface area contributed by atoms with Gasteiger partial charge in [0.2, 0.25) is 5.91 Å². The van der Waals surface area contributed by atoms with E-state index in [9.17, 15) is 9.59 Å². The number of para-hydroxylation sites is 1. The van der Waals surface area contributed by atoms with Crippen molar-refractivity contribution in [2.24, 2.45) is 7.05 Å². The summed E-state index contributed by atoms with van der Waals surface area (Å²) in [5.41, 5.74) is 3.06. The molecule has 0 aliphatic rings. The highest BCUT2D eigenvalue weighted by Gasteiger charge is 2.12. The van der Waals surface area contributed by atoms with E-state index in [0.29, 0.717) is 17.9 Å². The van der Waals surface area contributed by atoms with E-state index in [1.165, 1.54) is 0 Å². The van der Waals surface area contributed by atoms with Crippen LogP contribution in [-0.2, 0) is 23.0 Å². The molecule has 0 radical (unpaired) electrons. The Morgan fingerprint density at radius 2 is 1.92 bits per heavy atom. The zero-order valence-corrected chi connectivity index (χ0v) is 14.3. The van der Waals surface area contributed by atoms with Gasteiger partial charge in [-0.05, 0) is 36.8 Å². The summed E-state index contributed by atoms with van der Waals surface area (Å²) in [6.45, 7) is 2.07. The molecular weight excluding hydrogens is 316 g/mol. The summed E-state index contributed by atoms with van der Waals surface area (Å²) in [7, 11) is 1.96. The minimum atomic E-state index is -0.396. The van der Waals surface area contributed by atoms with Gasteiger partial charge < -0.3 is 14.6 Å². The van der Waals surface area contributed by atoms with E-state index in [4.69, 9.17) is 4.74 Å². The number of benzene rings is 2. The van der Waals surface area contributed by atoms with Crippen LogP contribution >= 0.6 is 0 Å². The molecule has 1 aromatic heterocycles. The maximum Gasteiger partial charge on any atom is 0.338 e. The molecule has 5 heteroatoms. The number of hydrogen-bond donors (Lipinski definition) is 1. The molecule has 0 fully saturated rings. The van der Waals surface area contributed by atoms with Crippen LogP contribution in [0.2, 0.25) is 0 Å². The van der Waals surface area contributed by atoms with Gasteiger partial charge in [-0.2, -0.15) is 0 Å². The fourth-order valence-electron chi connectivity index (χ4n) is 2.88. The zero-order chi connectivity index (χ0) is 17.8. The van der Waals surface area contributed by atoms with Crippen LogP contribution in [0.1, 0.15) is 22.8 Å². The number of hydrogen-bond acceptors (Lipinski definition) is 3. The van der Waals surface area contributed by atoms with Gasteiger partial charge in [0.05, 0.1) is 18.6 Å². The number of rotatable bonds is 5. The van der Waals surface area contributed by atoms with Crippen LogP contribution in [0.3, 0.4) is 0 Å². The van der Waals surface area contributed by atoms with E-state index in [1.54, 1.807) is 31.2 Å². The lowest BCUT2D eigenvalue weighted by Gasteiger charge is -2.07. The summed E-state index contributed by atoms with van der Waals surface area (Å²) < 4.78 is 6.99. The Morgan fingerprint density at radius 1 is 1.12 bits per heavy atom. The lowest BCUT2D eigenvalue weighted by molar-refractivity contribution is -0.115. The molecule has 1 heterocycles. The first-order valence-corrected chi connectivity index (χ1v) is 8.18. The molecule has 3 rings (SSSR count). The molecule has 5 nitrogen and oxygen atoms in total. The van der Waals surface area contributed by atoms with Gasteiger partial charge >= 0.3 is 5.97 Å². The van der Waals surface area contributed by atoms with Crippen molar-refractivity contribution >= 4 is 28.5 Å². The number of aryl methyl sites for hydroxylation is 1. The van der Waals surface area contributed by atoms with Crippen molar-refractivity contribution in [3.8, 4) is 0 Å². The van der Waals surface area contributed by atoms with E-state index >= 15 is 0 Å². The molecule has 0 unspecified atom stereocenters. The number of nitrogens with one attached hydrogen (secondary N) is 1. The van der Waals surface area contributed by atoms with Crippen molar-refractivity contribution in [3.05, 3.63) is 65.9 Å². The van der Waals surface area contributed by atoms with E-state index in [2.05, 4.69) is 5.32 Å². The predicted octanol–water partition coefficient (Wildman–Crippen LogP) is 3.54. The van der Waals surface area contributed by atoms with Crippen LogP contribution < -0.4 is 5.32 Å². The standard InChI is InChI=1S/C20H20N2O3/c1-3-25-20(24)14-7-6-8-16(11-14)21-19(23)12-15-13-22(2)18-10-5-4-9-17(15)18/h4-11,13H,3,12H2,1-2H3,(H,21,23). The number of nitrogens with zero attached hydrogens (tertiary/aromatic N) is 1. The molecule has 1 N–H and O–H groups in total. The van der Waals surface area contributed by atoms with Gasteiger partial charge in [-0.25, -0.2) is 4.79 Å². The summed E-state index contributed by atoms with van der Waals surface area (Å²) in [4.78, 5) is 24.2. The Labute approximate surface area is 146 Å². The summed E-state index contributed by atoms with van der Waals surface area (Å²) in [5, 5.41) is 3.92. The highest BCUT2D eigenvalue weighted by atomic mass is 16.5. The number of amides is 1. The minimum Gasteiger partial charge on any atom is -0.462 e. The van der Waals surface area contributed by atoms with Crippen molar-refractivity contribution in [2.75, 3.05) is 11.9 Å². The number of aromatic nitrogens is 1. The van der Waals surface area contributed by atoms with Crippen molar-refractivity contribution in [1.82, 2.24) is 4.57 Å². The maximum absolute atomic E-state index is 12.4. The van der Waals surface area contributed by atoms with Gasteiger partial charge in [-0.3, -0.25) is 4.79 Å². The normalized spacial score (nSPS) is 10.6. The second kappa shape index (κ2) is 7.21. The quantitative estimate of drug-likeness (QED) is 0.725. The van der Waals surface area contributed by atoms with Gasteiger partial charge in [0, 0.05) is 29.8 Å². The summed E-state index contributed by atoms with van der Waals surface area (Å²) in [6, 6.07) is 14.7. The topological polar surface area (TPSA) is 60.3 Å². The first-order chi connectivity index (χ1) is 12.1. The molecule has 1 amide bonds. The lowest BCUT2D eigenvalue weighted by atomic mass is 10.1. The molecule has 128 valence electrons. The fraction of sp³-hybridized carbons (Fsp3) is 0.200. The molecule has 0 bridgehead atoms. The number of anilines is 1. The van der Waals surface area contributed by atoms with E-state index < -0.39 is 5.97 Å². The van der Waals surface area contributed by atoms with Crippen LogP contribution in [0, 0.1) is 0 Å². The molecule has 0 saturated heterocycles. The summed E-state index contributed by atoms with van der Waals surface area (Å²) in [5.74, 6) is -0.523. The minimum absolute atomic E-state index is 0.127. The Balaban J connectivity index is 1.74. The number of esters is 1. The Bertz CT molecular complexity index is 928. The average Bonchev–Trinajstić information content (AvgIpc) is 2.91. The van der Waals surface area contributed by atoms with Crippen molar-refractivity contribution < 1.29 is 14.3 Å². The van der Waals surface area contributed by atoms with Crippen molar-refractivity contribution in [3.63, 3.8) is 0 Å². The predicted molar refractivity (Wildman–Crippen MR) is 97.7 cm³/mol. The Hall–Kier alpha value is -3.08. The highest BCUT2D eigenvalue weighted by Crippen LogP contribution is 2.21. The number of carbonyl (C=O) groups excluding carboxylic acids is 2. The van der Waals surface area contributed by atoms with Gasteiger partial charge in [-0.1, -0.05) is 24.3 Å². The molecule has 25 heavy (non-hydrogen) atoms. The van der Waals surface area contributed by atoms with Crippen LogP contribution in [0.15, 0.2) is 54.7 Å².